The third-order valence-electron chi connectivity index (χ3n) is 4.16. The number of phenols is 1. The van der Waals surface area contributed by atoms with Crippen LogP contribution in [0.15, 0.2) is 71.2 Å². The maximum atomic E-state index is 12.3. The molecular formula is C23H18BrClO4. The number of hydrogen-bond donors (Lipinski definition) is 1. The van der Waals surface area contributed by atoms with Gasteiger partial charge in [0.2, 0.25) is 0 Å². The first kappa shape index (κ1) is 21.0. The number of ketones is 1. The number of carbonyl (C=O) groups excluding carboxylic acids is 1. The van der Waals surface area contributed by atoms with Crippen molar-refractivity contribution in [1.82, 2.24) is 0 Å². The molecule has 0 aliphatic heterocycles. The van der Waals surface area contributed by atoms with Gasteiger partial charge in [0.15, 0.2) is 5.78 Å². The minimum Gasteiger partial charge on any atom is -0.508 e. The molecule has 0 saturated carbocycles. The van der Waals surface area contributed by atoms with Gasteiger partial charge in [0.1, 0.15) is 23.9 Å². The summed E-state index contributed by atoms with van der Waals surface area (Å²) < 4.78 is 12.1. The molecule has 148 valence electrons. The molecule has 0 amide bonds. The molecule has 0 radical (unpaired) electrons. The van der Waals surface area contributed by atoms with E-state index in [4.69, 9.17) is 21.1 Å². The SMILES string of the molecule is COc1ccc(C=CC(=O)c2ccc(O)cc2)cc1COc1ccc(Br)cc1Cl. The number of methoxy groups -OCH3 is 1. The average Bonchev–Trinajstić information content (AvgIpc) is 2.72. The van der Waals surface area contributed by atoms with Crippen molar-refractivity contribution in [3.8, 4) is 17.2 Å². The van der Waals surface area contributed by atoms with Crippen molar-refractivity contribution in [2.75, 3.05) is 7.11 Å². The summed E-state index contributed by atoms with van der Waals surface area (Å²) in [6.07, 6.45) is 3.22. The minimum atomic E-state index is -0.153. The molecule has 0 aliphatic rings. The molecule has 3 rings (SSSR count). The van der Waals surface area contributed by atoms with Crippen LogP contribution in [0.3, 0.4) is 0 Å². The summed E-state index contributed by atoms with van der Waals surface area (Å²) in [4.78, 5) is 12.3. The Labute approximate surface area is 182 Å². The van der Waals surface area contributed by atoms with Gasteiger partial charge >= 0.3 is 0 Å². The lowest BCUT2D eigenvalue weighted by Gasteiger charge is -2.12. The summed E-state index contributed by atoms with van der Waals surface area (Å²) in [5, 5.41) is 9.83. The Kier molecular flexibility index (Phi) is 6.96. The highest BCUT2D eigenvalue weighted by Crippen LogP contribution is 2.30. The first-order valence-electron chi connectivity index (χ1n) is 8.72. The molecule has 3 aromatic carbocycles. The molecule has 29 heavy (non-hydrogen) atoms. The monoisotopic (exact) mass is 472 g/mol. The van der Waals surface area contributed by atoms with E-state index in [-0.39, 0.29) is 18.1 Å². The van der Waals surface area contributed by atoms with Crippen LogP contribution in [0.1, 0.15) is 21.5 Å². The van der Waals surface area contributed by atoms with Crippen LogP contribution in [-0.4, -0.2) is 18.0 Å². The van der Waals surface area contributed by atoms with Crippen LogP contribution in [0.25, 0.3) is 6.08 Å². The van der Waals surface area contributed by atoms with E-state index in [0.717, 1.165) is 15.6 Å². The third-order valence-corrected chi connectivity index (χ3v) is 4.95. The number of carbonyl (C=O) groups is 1. The fraction of sp³-hybridized carbons (Fsp3) is 0.0870. The Morgan fingerprint density at radius 3 is 2.48 bits per heavy atom. The molecule has 0 aliphatic carbocycles. The van der Waals surface area contributed by atoms with Crippen molar-refractivity contribution < 1.29 is 19.4 Å². The molecule has 3 aromatic rings. The molecule has 0 heterocycles. The lowest BCUT2D eigenvalue weighted by molar-refractivity contribution is 0.104. The van der Waals surface area contributed by atoms with Gasteiger partial charge in [-0.25, -0.2) is 0 Å². The van der Waals surface area contributed by atoms with E-state index in [1.54, 1.807) is 37.5 Å². The van der Waals surface area contributed by atoms with Crippen LogP contribution < -0.4 is 9.47 Å². The average molecular weight is 474 g/mol. The first-order chi connectivity index (χ1) is 14.0. The molecule has 0 unspecified atom stereocenters. The van der Waals surface area contributed by atoms with E-state index in [2.05, 4.69) is 15.9 Å². The van der Waals surface area contributed by atoms with Crippen LogP contribution >= 0.6 is 27.5 Å². The second-order valence-corrected chi connectivity index (χ2v) is 7.50. The Hall–Kier alpha value is -2.76. The molecule has 0 aromatic heterocycles. The van der Waals surface area contributed by atoms with Crippen LogP contribution in [0, 0.1) is 0 Å². The topological polar surface area (TPSA) is 55.8 Å². The van der Waals surface area contributed by atoms with E-state index in [9.17, 15) is 9.90 Å². The molecule has 0 fully saturated rings. The van der Waals surface area contributed by atoms with Crippen molar-refractivity contribution >= 4 is 39.4 Å². The fourth-order valence-corrected chi connectivity index (χ4v) is 3.38. The number of hydrogen-bond acceptors (Lipinski definition) is 4. The summed E-state index contributed by atoms with van der Waals surface area (Å²) in [5.41, 5.74) is 2.16. The summed E-state index contributed by atoms with van der Waals surface area (Å²) in [6, 6.07) is 17.1. The van der Waals surface area contributed by atoms with Crippen LogP contribution in [0.4, 0.5) is 0 Å². The maximum absolute atomic E-state index is 12.3. The normalized spacial score (nSPS) is 10.9. The van der Waals surface area contributed by atoms with Gasteiger partial charge in [0, 0.05) is 15.6 Å². The van der Waals surface area contributed by atoms with E-state index in [1.807, 2.05) is 24.3 Å². The van der Waals surface area contributed by atoms with Crippen molar-refractivity contribution in [2.45, 2.75) is 6.61 Å². The van der Waals surface area contributed by atoms with E-state index in [1.165, 1.54) is 18.2 Å². The highest BCUT2D eigenvalue weighted by Gasteiger charge is 2.08. The summed E-state index contributed by atoms with van der Waals surface area (Å²) in [5.74, 6) is 1.22. The Balaban J connectivity index is 1.75. The Morgan fingerprint density at radius 2 is 1.79 bits per heavy atom. The molecule has 0 saturated heterocycles. The van der Waals surface area contributed by atoms with Gasteiger partial charge in [-0.15, -0.1) is 0 Å². The fourth-order valence-electron chi connectivity index (χ4n) is 2.66. The van der Waals surface area contributed by atoms with Gasteiger partial charge in [0.05, 0.1) is 12.1 Å². The minimum absolute atomic E-state index is 0.121. The van der Waals surface area contributed by atoms with Crippen molar-refractivity contribution in [3.05, 3.63) is 92.9 Å². The summed E-state index contributed by atoms with van der Waals surface area (Å²) in [7, 11) is 1.59. The number of allylic oxidation sites excluding steroid dienone is 1. The molecule has 0 atom stereocenters. The van der Waals surface area contributed by atoms with Gasteiger partial charge < -0.3 is 14.6 Å². The van der Waals surface area contributed by atoms with Gasteiger partial charge in [-0.3, -0.25) is 4.79 Å². The number of rotatable bonds is 7. The lowest BCUT2D eigenvalue weighted by atomic mass is 10.1. The number of phenolic OH excluding ortho intramolecular Hbond substituents is 1. The second-order valence-electron chi connectivity index (χ2n) is 6.18. The zero-order valence-corrected chi connectivity index (χ0v) is 17.9. The lowest BCUT2D eigenvalue weighted by Crippen LogP contribution is -2.00. The number of ether oxygens (including phenoxy) is 2. The van der Waals surface area contributed by atoms with Crippen LogP contribution in [0.2, 0.25) is 5.02 Å². The zero-order chi connectivity index (χ0) is 20.8. The van der Waals surface area contributed by atoms with Crippen molar-refractivity contribution in [3.63, 3.8) is 0 Å². The molecule has 6 heteroatoms. The van der Waals surface area contributed by atoms with Crippen molar-refractivity contribution in [1.29, 1.82) is 0 Å². The molecule has 0 spiro atoms. The van der Waals surface area contributed by atoms with Crippen LogP contribution in [0.5, 0.6) is 17.2 Å². The highest BCUT2D eigenvalue weighted by molar-refractivity contribution is 9.10. The molecule has 0 bridgehead atoms. The van der Waals surface area contributed by atoms with E-state index < -0.39 is 0 Å². The standard InChI is InChI=1S/C23H18BrClO4/c1-28-22-10-3-15(2-9-21(27)16-4-7-19(26)8-5-16)12-17(22)14-29-23-11-6-18(24)13-20(23)25/h2-13,26H,14H2,1H3. The number of aromatic hydroxyl groups is 1. The van der Waals surface area contributed by atoms with Crippen molar-refractivity contribution in [2.24, 2.45) is 0 Å². The molecule has 1 N–H and O–H groups in total. The summed E-state index contributed by atoms with van der Waals surface area (Å²) >= 11 is 9.57. The first-order valence-corrected chi connectivity index (χ1v) is 9.89. The molecular weight excluding hydrogens is 456 g/mol. The second kappa shape index (κ2) is 9.63. The Bertz CT molecular complexity index is 1050. The highest BCUT2D eigenvalue weighted by atomic mass is 79.9. The predicted octanol–water partition coefficient (Wildman–Crippen LogP) is 6.29. The smallest absolute Gasteiger partial charge is 0.185 e. The van der Waals surface area contributed by atoms with Gasteiger partial charge in [0.25, 0.3) is 0 Å². The Morgan fingerprint density at radius 1 is 1.07 bits per heavy atom. The van der Waals surface area contributed by atoms with Gasteiger partial charge in [-0.2, -0.15) is 0 Å². The van der Waals surface area contributed by atoms with Crippen LogP contribution in [-0.2, 0) is 6.61 Å². The quantitative estimate of drug-likeness (QED) is 0.323. The third kappa shape index (κ3) is 5.62. The van der Waals surface area contributed by atoms with Gasteiger partial charge in [-0.05, 0) is 66.2 Å². The molecule has 4 nitrogen and oxygen atoms in total. The largest absolute Gasteiger partial charge is 0.508 e. The van der Waals surface area contributed by atoms with E-state index >= 15 is 0 Å². The van der Waals surface area contributed by atoms with E-state index in [0.29, 0.717) is 22.1 Å². The number of benzene rings is 3. The number of halogens is 2. The maximum Gasteiger partial charge on any atom is 0.185 e. The predicted molar refractivity (Wildman–Crippen MR) is 118 cm³/mol. The summed E-state index contributed by atoms with van der Waals surface area (Å²) in [6.45, 7) is 0.262. The van der Waals surface area contributed by atoms with Gasteiger partial charge in [-0.1, -0.05) is 39.7 Å². The zero-order valence-electron chi connectivity index (χ0n) is 15.6.